The Hall–Kier alpha value is -0.580. The van der Waals surface area contributed by atoms with E-state index < -0.39 is 0 Å². The summed E-state index contributed by atoms with van der Waals surface area (Å²) in [6, 6.07) is 6.95. The zero-order valence-electron chi connectivity index (χ0n) is 11.7. The zero-order chi connectivity index (χ0) is 13.8. The number of anilines is 1. The van der Waals surface area contributed by atoms with Crippen LogP contribution in [0.3, 0.4) is 0 Å². The number of halogens is 1. The van der Waals surface area contributed by atoms with Gasteiger partial charge in [-0.2, -0.15) is 0 Å². The predicted octanol–water partition coefficient (Wildman–Crippen LogP) is 2.95. The lowest BCUT2D eigenvalue weighted by molar-refractivity contribution is 0.0299. The quantitative estimate of drug-likeness (QED) is 0.924. The summed E-state index contributed by atoms with van der Waals surface area (Å²) in [6.45, 7) is 6.81. The molecule has 106 valence electrons. The molecule has 1 aromatic carbocycles. The highest BCUT2D eigenvalue weighted by Gasteiger charge is 2.27. The van der Waals surface area contributed by atoms with Gasteiger partial charge in [-0.3, -0.25) is 0 Å². The predicted molar refractivity (Wildman–Crippen MR) is 83.7 cm³/mol. The monoisotopic (exact) mass is 326 g/mol. The van der Waals surface area contributed by atoms with Crippen LogP contribution in [0.2, 0.25) is 0 Å². The largest absolute Gasteiger partial charge is 0.375 e. The number of nitrogens with zero attached hydrogens (tertiary/aromatic N) is 1. The molecular formula is C15H23BrN2O. The number of rotatable bonds is 4. The molecular weight excluding hydrogens is 304 g/mol. The van der Waals surface area contributed by atoms with Crippen molar-refractivity contribution in [2.45, 2.75) is 38.8 Å². The zero-order valence-corrected chi connectivity index (χ0v) is 13.3. The van der Waals surface area contributed by atoms with Crippen LogP contribution in [-0.2, 0) is 11.2 Å². The van der Waals surface area contributed by atoms with Crippen LogP contribution in [0.5, 0.6) is 0 Å². The molecule has 0 radical (unpaired) electrons. The number of nitrogens with two attached hydrogens (primary N) is 1. The third-order valence-electron chi connectivity index (χ3n) is 3.71. The smallest absolute Gasteiger partial charge is 0.0723 e. The van der Waals surface area contributed by atoms with E-state index in [-0.39, 0.29) is 6.10 Å². The van der Waals surface area contributed by atoms with Gasteiger partial charge in [0.25, 0.3) is 0 Å². The van der Waals surface area contributed by atoms with Crippen LogP contribution in [0.4, 0.5) is 5.69 Å². The minimum atomic E-state index is 0.285. The van der Waals surface area contributed by atoms with Crippen molar-refractivity contribution in [2.24, 2.45) is 5.73 Å². The third-order valence-corrected chi connectivity index (χ3v) is 4.20. The summed E-state index contributed by atoms with van der Waals surface area (Å²) in [5, 5.41) is 0. The van der Waals surface area contributed by atoms with E-state index in [1.54, 1.807) is 0 Å². The summed E-state index contributed by atoms with van der Waals surface area (Å²) in [5.74, 6) is 0. The van der Waals surface area contributed by atoms with Crippen LogP contribution in [0.1, 0.15) is 25.8 Å². The Morgan fingerprint density at radius 3 is 2.95 bits per heavy atom. The van der Waals surface area contributed by atoms with Crippen LogP contribution in [0, 0.1) is 0 Å². The molecule has 0 aliphatic carbocycles. The molecule has 1 aliphatic rings. The first-order valence-electron chi connectivity index (χ1n) is 7.02. The molecule has 1 saturated heterocycles. The maximum Gasteiger partial charge on any atom is 0.0723 e. The van der Waals surface area contributed by atoms with Crippen LogP contribution in [0.25, 0.3) is 0 Å². The van der Waals surface area contributed by atoms with Crippen molar-refractivity contribution >= 4 is 21.6 Å². The van der Waals surface area contributed by atoms with E-state index in [1.165, 1.54) is 11.3 Å². The van der Waals surface area contributed by atoms with Crippen molar-refractivity contribution in [3.8, 4) is 0 Å². The molecule has 1 fully saturated rings. The lowest BCUT2D eigenvalue weighted by atomic mass is 10.0. The van der Waals surface area contributed by atoms with Gasteiger partial charge in [0.05, 0.1) is 18.8 Å². The number of hydrogen-bond acceptors (Lipinski definition) is 3. The number of hydrogen-bond donors (Lipinski definition) is 1. The summed E-state index contributed by atoms with van der Waals surface area (Å²) in [7, 11) is 0. The number of morpholine rings is 1. The second-order valence-corrected chi connectivity index (χ2v) is 6.09. The second-order valence-electron chi connectivity index (χ2n) is 5.17. The summed E-state index contributed by atoms with van der Waals surface area (Å²) >= 11 is 3.58. The highest BCUT2D eigenvalue weighted by atomic mass is 79.9. The molecule has 2 atom stereocenters. The third kappa shape index (κ3) is 3.50. The van der Waals surface area contributed by atoms with Crippen LogP contribution >= 0.6 is 15.9 Å². The Labute approximate surface area is 124 Å². The fraction of sp³-hybridized carbons (Fsp3) is 0.600. The van der Waals surface area contributed by atoms with Gasteiger partial charge in [-0.1, -0.05) is 28.9 Å². The fourth-order valence-electron chi connectivity index (χ4n) is 2.65. The summed E-state index contributed by atoms with van der Waals surface area (Å²) in [4.78, 5) is 2.49. The average molecular weight is 327 g/mol. The van der Waals surface area contributed by atoms with E-state index in [0.717, 1.165) is 30.5 Å². The van der Waals surface area contributed by atoms with Gasteiger partial charge in [-0.25, -0.2) is 0 Å². The van der Waals surface area contributed by atoms with Crippen molar-refractivity contribution in [1.29, 1.82) is 0 Å². The van der Waals surface area contributed by atoms with E-state index in [1.807, 2.05) is 0 Å². The van der Waals surface area contributed by atoms with Gasteiger partial charge in [-0.05, 0) is 44.0 Å². The molecule has 0 aromatic heterocycles. The van der Waals surface area contributed by atoms with Crippen LogP contribution in [-0.4, -0.2) is 31.8 Å². The first-order valence-corrected chi connectivity index (χ1v) is 7.81. The van der Waals surface area contributed by atoms with Crippen LogP contribution in [0.15, 0.2) is 22.7 Å². The van der Waals surface area contributed by atoms with Crippen molar-refractivity contribution in [2.75, 3.05) is 24.6 Å². The summed E-state index contributed by atoms with van der Waals surface area (Å²) in [6.07, 6.45) is 2.30. The van der Waals surface area contributed by atoms with Gasteiger partial charge < -0.3 is 15.4 Å². The Morgan fingerprint density at radius 1 is 1.47 bits per heavy atom. The topological polar surface area (TPSA) is 38.5 Å². The normalized spacial score (nSPS) is 23.7. The molecule has 1 aliphatic heterocycles. The van der Waals surface area contributed by atoms with Gasteiger partial charge in [0.15, 0.2) is 0 Å². The van der Waals surface area contributed by atoms with Gasteiger partial charge in [0, 0.05) is 16.7 Å². The SMILES string of the molecule is CCC1COC(C)CN1c1cc(Br)ccc1CCN. The molecule has 0 amide bonds. The molecule has 0 saturated carbocycles. The Balaban J connectivity index is 2.33. The van der Waals surface area contributed by atoms with E-state index >= 15 is 0 Å². The molecule has 1 heterocycles. The first-order chi connectivity index (χ1) is 9.15. The Kier molecular flexibility index (Phi) is 5.25. The maximum atomic E-state index is 5.79. The Morgan fingerprint density at radius 2 is 2.26 bits per heavy atom. The van der Waals surface area contributed by atoms with Crippen molar-refractivity contribution < 1.29 is 4.74 Å². The second kappa shape index (κ2) is 6.73. The molecule has 1 aromatic rings. The van der Waals surface area contributed by atoms with Gasteiger partial charge in [0.1, 0.15) is 0 Å². The molecule has 4 heteroatoms. The number of benzene rings is 1. The standard InChI is InChI=1S/C15H23BrN2O/c1-3-14-10-19-11(2)9-18(14)15-8-13(16)5-4-12(15)6-7-17/h4-5,8,11,14H,3,6-7,9-10,17H2,1-2H3. The molecule has 0 bridgehead atoms. The van der Waals surface area contributed by atoms with E-state index in [0.29, 0.717) is 12.6 Å². The lowest BCUT2D eigenvalue weighted by Crippen LogP contribution is -2.49. The molecule has 2 N–H and O–H groups in total. The lowest BCUT2D eigenvalue weighted by Gasteiger charge is -2.41. The minimum absolute atomic E-state index is 0.285. The molecule has 2 unspecified atom stereocenters. The molecule has 3 nitrogen and oxygen atoms in total. The van der Waals surface area contributed by atoms with Gasteiger partial charge >= 0.3 is 0 Å². The van der Waals surface area contributed by atoms with E-state index in [4.69, 9.17) is 10.5 Å². The molecule has 2 rings (SSSR count). The van der Waals surface area contributed by atoms with E-state index in [9.17, 15) is 0 Å². The van der Waals surface area contributed by atoms with Crippen molar-refractivity contribution in [3.05, 3.63) is 28.2 Å². The minimum Gasteiger partial charge on any atom is -0.375 e. The van der Waals surface area contributed by atoms with Crippen molar-refractivity contribution in [3.63, 3.8) is 0 Å². The van der Waals surface area contributed by atoms with Gasteiger partial charge in [0.2, 0.25) is 0 Å². The van der Waals surface area contributed by atoms with E-state index in [2.05, 4.69) is 52.9 Å². The fourth-order valence-corrected chi connectivity index (χ4v) is 3.00. The Bertz CT molecular complexity index is 425. The van der Waals surface area contributed by atoms with Crippen LogP contribution < -0.4 is 10.6 Å². The summed E-state index contributed by atoms with van der Waals surface area (Å²) in [5.41, 5.74) is 8.38. The summed E-state index contributed by atoms with van der Waals surface area (Å²) < 4.78 is 6.91. The maximum absolute atomic E-state index is 5.79. The number of ether oxygens (including phenoxy) is 1. The van der Waals surface area contributed by atoms with Crippen molar-refractivity contribution in [1.82, 2.24) is 0 Å². The highest BCUT2D eigenvalue weighted by Crippen LogP contribution is 2.30. The highest BCUT2D eigenvalue weighted by molar-refractivity contribution is 9.10. The molecule has 0 spiro atoms. The molecule has 19 heavy (non-hydrogen) atoms. The first kappa shape index (κ1) is 14.8. The van der Waals surface area contributed by atoms with Gasteiger partial charge in [-0.15, -0.1) is 0 Å². The average Bonchev–Trinajstić information content (AvgIpc) is 2.41.